The Morgan fingerprint density at radius 3 is 2.84 bits per heavy atom. The average molecular weight is 292 g/mol. The third kappa shape index (κ3) is 3.03. The van der Waals surface area contributed by atoms with Crippen LogP contribution in [0.15, 0.2) is 10.9 Å². The van der Waals surface area contributed by atoms with Gasteiger partial charge in [-0.1, -0.05) is 24.7 Å². The van der Waals surface area contributed by atoms with E-state index in [0.29, 0.717) is 22.3 Å². The number of hydrogen-bond donors (Lipinski definition) is 1. The predicted molar refractivity (Wildman–Crippen MR) is 65.5 cm³/mol. The molecule has 0 spiro atoms. The molecule has 1 N–H and O–H groups in total. The van der Waals surface area contributed by atoms with Crippen LogP contribution in [-0.4, -0.2) is 21.1 Å². The molecule has 9 heteroatoms. The summed E-state index contributed by atoms with van der Waals surface area (Å²) >= 11 is 0.922. The van der Waals surface area contributed by atoms with Crippen LogP contribution in [0.4, 0.5) is 18.3 Å². The first kappa shape index (κ1) is 13.8. The predicted octanol–water partition coefficient (Wildman–Crippen LogP) is 2.38. The third-order valence-corrected chi connectivity index (χ3v) is 3.22. The molecule has 0 fully saturated rings. The summed E-state index contributed by atoms with van der Waals surface area (Å²) in [6.45, 7) is 2.62. The smallest absolute Gasteiger partial charge is 0.360 e. The molecule has 0 aliphatic heterocycles. The number of aromatic nitrogens is 3. The van der Waals surface area contributed by atoms with Crippen LogP contribution in [0.25, 0.3) is 4.96 Å². The molecule has 2 heterocycles. The van der Waals surface area contributed by atoms with E-state index in [-0.39, 0.29) is 4.96 Å². The van der Waals surface area contributed by atoms with Crippen LogP contribution < -0.4 is 10.9 Å². The van der Waals surface area contributed by atoms with E-state index in [2.05, 4.69) is 15.4 Å². The van der Waals surface area contributed by atoms with Gasteiger partial charge in [0.15, 0.2) is 5.69 Å². The summed E-state index contributed by atoms with van der Waals surface area (Å²) in [5, 5.41) is 7.02. The SMILES string of the molecule is CCCCNc1nn2c(C(F)(F)F)cc(=O)nc2s1. The van der Waals surface area contributed by atoms with Crippen molar-refractivity contribution in [1.29, 1.82) is 0 Å². The largest absolute Gasteiger partial charge is 0.433 e. The molecule has 0 aromatic carbocycles. The van der Waals surface area contributed by atoms with Crippen LogP contribution in [0.1, 0.15) is 25.5 Å². The molecule has 0 unspecified atom stereocenters. The quantitative estimate of drug-likeness (QED) is 0.879. The molecular formula is C10H11F3N4OS. The normalized spacial score (nSPS) is 12.0. The van der Waals surface area contributed by atoms with E-state index >= 15 is 0 Å². The summed E-state index contributed by atoms with van der Waals surface area (Å²) in [5.41, 5.74) is -2.03. The van der Waals surface area contributed by atoms with Gasteiger partial charge in [-0.05, 0) is 6.42 Å². The molecule has 19 heavy (non-hydrogen) atoms. The second kappa shape index (κ2) is 5.16. The van der Waals surface area contributed by atoms with Crippen molar-refractivity contribution in [1.82, 2.24) is 14.6 Å². The summed E-state index contributed by atoms with van der Waals surface area (Å²) in [4.78, 5) is 14.6. The van der Waals surface area contributed by atoms with Crippen LogP contribution in [0.3, 0.4) is 0 Å². The molecule has 104 valence electrons. The lowest BCUT2D eigenvalue weighted by atomic mass is 10.3. The second-order valence-electron chi connectivity index (χ2n) is 3.86. The van der Waals surface area contributed by atoms with Gasteiger partial charge in [-0.3, -0.25) is 4.79 Å². The molecule has 0 saturated carbocycles. The van der Waals surface area contributed by atoms with E-state index < -0.39 is 17.4 Å². The van der Waals surface area contributed by atoms with E-state index in [9.17, 15) is 18.0 Å². The molecule has 0 radical (unpaired) electrons. The molecule has 2 rings (SSSR count). The fourth-order valence-corrected chi connectivity index (χ4v) is 2.29. The van der Waals surface area contributed by atoms with Crippen molar-refractivity contribution in [2.24, 2.45) is 0 Å². The first-order valence-electron chi connectivity index (χ1n) is 5.64. The number of fused-ring (bicyclic) bond motifs is 1. The molecule has 0 aliphatic carbocycles. The minimum absolute atomic E-state index is 0.0705. The molecule has 0 saturated heterocycles. The fourth-order valence-electron chi connectivity index (χ4n) is 1.46. The first-order chi connectivity index (χ1) is 8.91. The Bertz CT molecular complexity index is 634. The maximum Gasteiger partial charge on any atom is 0.433 e. The zero-order valence-electron chi connectivity index (χ0n) is 9.99. The van der Waals surface area contributed by atoms with Crippen LogP contribution >= 0.6 is 11.3 Å². The van der Waals surface area contributed by atoms with Crippen molar-refractivity contribution in [2.45, 2.75) is 25.9 Å². The van der Waals surface area contributed by atoms with Crippen LogP contribution in [0, 0.1) is 0 Å². The molecule has 0 aliphatic rings. The Labute approximate surface area is 110 Å². The molecule has 0 bridgehead atoms. The summed E-state index contributed by atoms with van der Waals surface area (Å²) < 4.78 is 39.0. The minimum Gasteiger partial charge on any atom is -0.360 e. The number of unbranched alkanes of at least 4 members (excludes halogenated alkanes) is 1. The zero-order chi connectivity index (χ0) is 14.0. The van der Waals surface area contributed by atoms with E-state index in [0.717, 1.165) is 24.2 Å². The van der Waals surface area contributed by atoms with Crippen molar-refractivity contribution in [3.8, 4) is 0 Å². The molecule has 0 amide bonds. The molecule has 0 atom stereocenters. The van der Waals surface area contributed by atoms with Gasteiger partial charge in [0.1, 0.15) is 0 Å². The van der Waals surface area contributed by atoms with E-state index in [1.807, 2.05) is 6.92 Å². The summed E-state index contributed by atoms with van der Waals surface area (Å²) in [7, 11) is 0. The highest BCUT2D eigenvalue weighted by Crippen LogP contribution is 2.30. The Kier molecular flexibility index (Phi) is 3.74. The van der Waals surface area contributed by atoms with E-state index in [1.54, 1.807) is 0 Å². The van der Waals surface area contributed by atoms with Gasteiger partial charge in [0.25, 0.3) is 5.56 Å². The maximum absolute atomic E-state index is 12.8. The standard InChI is InChI=1S/C10H11F3N4OS/c1-2-3-4-14-8-16-17-6(10(11,12)13)5-7(18)15-9(17)19-8/h5H,2-4H2,1H3,(H,14,16). The van der Waals surface area contributed by atoms with Gasteiger partial charge in [0.05, 0.1) is 0 Å². The van der Waals surface area contributed by atoms with E-state index in [1.165, 1.54) is 0 Å². The number of anilines is 1. The molecule has 2 aromatic rings. The fraction of sp³-hybridized carbons (Fsp3) is 0.500. The monoisotopic (exact) mass is 292 g/mol. The Hall–Kier alpha value is -1.64. The minimum atomic E-state index is -4.64. The third-order valence-electron chi connectivity index (χ3n) is 2.35. The number of nitrogens with one attached hydrogen (secondary N) is 1. The number of alkyl halides is 3. The van der Waals surface area contributed by atoms with Crippen LogP contribution in [0.2, 0.25) is 0 Å². The van der Waals surface area contributed by atoms with Crippen LogP contribution in [0.5, 0.6) is 0 Å². The summed E-state index contributed by atoms with van der Waals surface area (Å²) in [5.74, 6) is 0. The van der Waals surface area contributed by atoms with Crippen molar-refractivity contribution < 1.29 is 13.2 Å². The summed E-state index contributed by atoms with van der Waals surface area (Å²) in [6, 6.07) is 0.447. The lowest BCUT2D eigenvalue weighted by molar-refractivity contribution is -0.142. The van der Waals surface area contributed by atoms with Crippen molar-refractivity contribution in [3.05, 3.63) is 22.1 Å². The lowest BCUT2D eigenvalue weighted by Gasteiger charge is -2.06. The highest BCUT2D eigenvalue weighted by atomic mass is 32.1. The molecule has 2 aromatic heterocycles. The Morgan fingerprint density at radius 2 is 2.21 bits per heavy atom. The van der Waals surface area contributed by atoms with Crippen molar-refractivity contribution in [2.75, 3.05) is 11.9 Å². The number of hydrogen-bond acceptors (Lipinski definition) is 5. The van der Waals surface area contributed by atoms with Crippen molar-refractivity contribution in [3.63, 3.8) is 0 Å². The average Bonchev–Trinajstić information content (AvgIpc) is 2.69. The van der Waals surface area contributed by atoms with Crippen LogP contribution in [-0.2, 0) is 6.18 Å². The second-order valence-corrected chi connectivity index (χ2v) is 4.82. The Balaban J connectivity index is 2.44. The van der Waals surface area contributed by atoms with Gasteiger partial charge >= 0.3 is 6.18 Å². The maximum atomic E-state index is 12.8. The lowest BCUT2D eigenvalue weighted by Crippen LogP contribution is -2.19. The van der Waals surface area contributed by atoms with Gasteiger partial charge in [-0.15, -0.1) is 5.10 Å². The van der Waals surface area contributed by atoms with Crippen molar-refractivity contribution >= 4 is 21.4 Å². The number of nitrogens with zero attached hydrogens (tertiary/aromatic N) is 3. The van der Waals surface area contributed by atoms with Gasteiger partial charge in [-0.25, -0.2) is 0 Å². The Morgan fingerprint density at radius 1 is 1.47 bits per heavy atom. The van der Waals surface area contributed by atoms with Gasteiger partial charge in [0, 0.05) is 12.6 Å². The zero-order valence-corrected chi connectivity index (χ0v) is 10.8. The van der Waals surface area contributed by atoms with Gasteiger partial charge in [-0.2, -0.15) is 22.7 Å². The highest BCUT2D eigenvalue weighted by molar-refractivity contribution is 7.20. The van der Waals surface area contributed by atoms with Gasteiger partial charge in [0.2, 0.25) is 10.1 Å². The highest BCUT2D eigenvalue weighted by Gasteiger charge is 2.35. The number of halogens is 3. The molecule has 5 nitrogen and oxygen atoms in total. The first-order valence-corrected chi connectivity index (χ1v) is 6.45. The number of rotatable bonds is 4. The van der Waals surface area contributed by atoms with Gasteiger partial charge < -0.3 is 5.32 Å². The molecular weight excluding hydrogens is 281 g/mol. The summed E-state index contributed by atoms with van der Waals surface area (Å²) in [6.07, 6.45) is -2.80. The van der Waals surface area contributed by atoms with E-state index in [4.69, 9.17) is 0 Å². The topological polar surface area (TPSA) is 59.3 Å².